The summed E-state index contributed by atoms with van der Waals surface area (Å²) in [6.45, 7) is 2.31. The lowest BCUT2D eigenvalue weighted by atomic mass is 10.3. The summed E-state index contributed by atoms with van der Waals surface area (Å²) in [5.74, 6) is 0.0263. The van der Waals surface area contributed by atoms with E-state index in [4.69, 9.17) is 0 Å². The molecule has 0 spiro atoms. The van der Waals surface area contributed by atoms with Gasteiger partial charge in [-0.25, -0.2) is 4.79 Å². The van der Waals surface area contributed by atoms with Crippen LogP contribution in [0.5, 0.6) is 0 Å². The Labute approximate surface area is 138 Å². The molecule has 0 radical (unpaired) electrons. The van der Waals surface area contributed by atoms with Gasteiger partial charge in [-0.15, -0.1) is 11.3 Å². The second-order valence-corrected chi connectivity index (χ2v) is 7.91. The normalized spacial score (nSPS) is 15.4. The molecule has 1 aliphatic rings. The van der Waals surface area contributed by atoms with E-state index in [0.29, 0.717) is 31.1 Å². The highest BCUT2D eigenvalue weighted by molar-refractivity contribution is 9.13. The molecule has 110 valence electrons. The Kier molecular flexibility index (Phi) is 5.09. The van der Waals surface area contributed by atoms with Crippen molar-refractivity contribution in [3.8, 4) is 0 Å². The number of thiophene rings is 1. The third-order valence-electron chi connectivity index (χ3n) is 3.08. The highest BCUT2D eigenvalue weighted by atomic mass is 79.9. The first kappa shape index (κ1) is 15.8. The summed E-state index contributed by atoms with van der Waals surface area (Å²) in [5.41, 5.74) is 0. The van der Waals surface area contributed by atoms with Gasteiger partial charge in [0.05, 0.1) is 8.66 Å². The summed E-state index contributed by atoms with van der Waals surface area (Å²) >= 11 is 8.20. The van der Waals surface area contributed by atoms with E-state index in [0.717, 1.165) is 8.26 Å². The van der Waals surface area contributed by atoms with Gasteiger partial charge in [0.25, 0.3) is 5.91 Å². The van der Waals surface area contributed by atoms with Crippen LogP contribution in [0.1, 0.15) is 9.67 Å². The zero-order chi connectivity index (χ0) is 14.9. The first-order valence-electron chi connectivity index (χ1n) is 6.10. The Hall–Kier alpha value is -0.600. The molecule has 0 aromatic carbocycles. The van der Waals surface area contributed by atoms with Gasteiger partial charge >= 0.3 is 6.03 Å². The van der Waals surface area contributed by atoms with E-state index in [1.165, 1.54) is 11.3 Å². The van der Waals surface area contributed by atoms with Gasteiger partial charge in [-0.1, -0.05) is 0 Å². The topological polar surface area (TPSA) is 43.9 Å². The maximum atomic E-state index is 12.4. The van der Waals surface area contributed by atoms with Crippen LogP contribution in [-0.4, -0.2) is 66.9 Å². The van der Waals surface area contributed by atoms with Crippen LogP contribution in [0.4, 0.5) is 4.79 Å². The molecule has 0 saturated carbocycles. The number of hydrogen-bond acceptors (Lipinski definition) is 3. The van der Waals surface area contributed by atoms with Gasteiger partial charge in [-0.05, 0) is 37.9 Å². The molecule has 3 amide bonds. The van der Waals surface area contributed by atoms with Crippen molar-refractivity contribution in [3.63, 3.8) is 0 Å². The van der Waals surface area contributed by atoms with Crippen molar-refractivity contribution in [1.29, 1.82) is 0 Å². The van der Waals surface area contributed by atoms with E-state index >= 15 is 0 Å². The fourth-order valence-electron chi connectivity index (χ4n) is 1.99. The predicted molar refractivity (Wildman–Crippen MR) is 86.3 cm³/mol. The highest BCUT2D eigenvalue weighted by Crippen LogP contribution is 2.33. The lowest BCUT2D eigenvalue weighted by Gasteiger charge is -2.35. The monoisotopic (exact) mass is 423 g/mol. The molecule has 0 N–H and O–H groups in total. The van der Waals surface area contributed by atoms with Crippen molar-refractivity contribution in [2.45, 2.75) is 0 Å². The number of carbonyl (C=O) groups is 2. The summed E-state index contributed by atoms with van der Waals surface area (Å²) in [6.07, 6.45) is 0. The molecule has 1 aliphatic heterocycles. The number of hydrogen-bond donors (Lipinski definition) is 0. The Morgan fingerprint density at radius 1 is 1.15 bits per heavy atom. The molecule has 1 saturated heterocycles. The van der Waals surface area contributed by atoms with E-state index in [2.05, 4.69) is 31.9 Å². The van der Waals surface area contributed by atoms with Gasteiger partial charge in [0.2, 0.25) is 0 Å². The van der Waals surface area contributed by atoms with Crippen molar-refractivity contribution < 1.29 is 9.59 Å². The first-order valence-corrected chi connectivity index (χ1v) is 8.50. The molecule has 1 fully saturated rings. The van der Waals surface area contributed by atoms with E-state index < -0.39 is 0 Å². The Bertz CT molecular complexity index is 505. The zero-order valence-corrected chi connectivity index (χ0v) is 15.2. The summed E-state index contributed by atoms with van der Waals surface area (Å²) in [4.78, 5) is 30.0. The molecule has 2 rings (SSSR count). The lowest BCUT2D eigenvalue weighted by Crippen LogP contribution is -2.52. The summed E-state index contributed by atoms with van der Waals surface area (Å²) in [5, 5.41) is 0. The first-order chi connectivity index (χ1) is 9.40. The van der Waals surface area contributed by atoms with Crippen molar-refractivity contribution in [2.24, 2.45) is 0 Å². The predicted octanol–water partition coefficient (Wildman–Crippen LogP) is 2.71. The minimum absolute atomic E-state index is 0.00119. The van der Waals surface area contributed by atoms with Crippen LogP contribution in [-0.2, 0) is 0 Å². The standard InChI is InChI=1S/C12H15Br2N3O2S/c1-15(2)12(19)17-5-3-16(4-6-17)11(18)9-7-8(13)10(14)20-9/h7H,3-6H2,1-2H3. The van der Waals surface area contributed by atoms with Crippen LogP contribution in [0.25, 0.3) is 0 Å². The number of carbonyl (C=O) groups excluding carboxylic acids is 2. The van der Waals surface area contributed by atoms with Gasteiger partial charge < -0.3 is 14.7 Å². The molecule has 0 atom stereocenters. The van der Waals surface area contributed by atoms with Crippen molar-refractivity contribution in [2.75, 3.05) is 40.3 Å². The molecular weight excluding hydrogens is 410 g/mol. The van der Waals surface area contributed by atoms with E-state index in [9.17, 15) is 9.59 Å². The van der Waals surface area contributed by atoms with E-state index in [1.54, 1.807) is 28.8 Å². The largest absolute Gasteiger partial charge is 0.334 e. The van der Waals surface area contributed by atoms with Crippen LogP contribution in [0.3, 0.4) is 0 Å². The van der Waals surface area contributed by atoms with Crippen molar-refractivity contribution in [1.82, 2.24) is 14.7 Å². The molecule has 1 aromatic heterocycles. The molecule has 0 unspecified atom stereocenters. The third-order valence-corrected chi connectivity index (χ3v) is 6.32. The average Bonchev–Trinajstić information content (AvgIpc) is 2.77. The minimum atomic E-state index is -0.00119. The van der Waals surface area contributed by atoms with Gasteiger partial charge in [0.1, 0.15) is 0 Å². The number of nitrogens with zero attached hydrogens (tertiary/aromatic N) is 3. The van der Waals surface area contributed by atoms with Gasteiger partial charge in [-0.2, -0.15) is 0 Å². The fraction of sp³-hybridized carbons (Fsp3) is 0.500. The van der Waals surface area contributed by atoms with Crippen LogP contribution >= 0.6 is 43.2 Å². The second-order valence-electron chi connectivity index (χ2n) is 4.69. The Morgan fingerprint density at radius 2 is 1.70 bits per heavy atom. The molecular formula is C12H15Br2N3O2S. The van der Waals surface area contributed by atoms with E-state index in [-0.39, 0.29) is 11.9 Å². The molecule has 5 nitrogen and oxygen atoms in total. The molecule has 8 heteroatoms. The van der Waals surface area contributed by atoms with E-state index in [1.807, 2.05) is 6.07 Å². The summed E-state index contributed by atoms with van der Waals surface area (Å²) in [6, 6.07) is 1.83. The lowest BCUT2D eigenvalue weighted by molar-refractivity contribution is 0.0655. The number of piperazine rings is 1. The molecule has 0 aliphatic carbocycles. The van der Waals surface area contributed by atoms with Gasteiger partial charge in [0, 0.05) is 44.7 Å². The van der Waals surface area contributed by atoms with Crippen LogP contribution < -0.4 is 0 Å². The summed E-state index contributed by atoms with van der Waals surface area (Å²) in [7, 11) is 3.47. The number of urea groups is 1. The maximum Gasteiger partial charge on any atom is 0.319 e. The number of amides is 3. The zero-order valence-electron chi connectivity index (χ0n) is 11.2. The smallest absolute Gasteiger partial charge is 0.319 e. The number of halogens is 2. The molecule has 20 heavy (non-hydrogen) atoms. The Balaban J connectivity index is 1.97. The maximum absolute atomic E-state index is 12.4. The van der Waals surface area contributed by atoms with Crippen LogP contribution in [0.2, 0.25) is 0 Å². The van der Waals surface area contributed by atoms with Crippen LogP contribution in [0.15, 0.2) is 14.3 Å². The second kappa shape index (κ2) is 6.44. The number of rotatable bonds is 1. The average molecular weight is 425 g/mol. The fourth-order valence-corrected chi connectivity index (χ4v) is 4.00. The van der Waals surface area contributed by atoms with Crippen molar-refractivity contribution in [3.05, 3.63) is 19.2 Å². The van der Waals surface area contributed by atoms with Crippen LogP contribution in [0, 0.1) is 0 Å². The molecule has 2 heterocycles. The SMILES string of the molecule is CN(C)C(=O)N1CCN(C(=O)c2cc(Br)c(Br)s2)CC1. The third kappa shape index (κ3) is 3.35. The van der Waals surface area contributed by atoms with Gasteiger partial charge in [-0.3, -0.25) is 4.79 Å². The highest BCUT2D eigenvalue weighted by Gasteiger charge is 2.26. The minimum Gasteiger partial charge on any atom is -0.334 e. The quantitative estimate of drug-likeness (QED) is 0.695. The molecule has 0 bridgehead atoms. The summed E-state index contributed by atoms with van der Waals surface area (Å²) < 4.78 is 1.81. The Morgan fingerprint density at radius 3 is 2.15 bits per heavy atom. The van der Waals surface area contributed by atoms with Gasteiger partial charge in [0.15, 0.2) is 0 Å². The molecule has 1 aromatic rings. The van der Waals surface area contributed by atoms with Crippen molar-refractivity contribution >= 4 is 55.1 Å².